The molecule has 0 saturated heterocycles. The number of benzene rings is 1. The highest BCUT2D eigenvalue weighted by Gasteiger charge is 2.37. The second-order valence-corrected chi connectivity index (χ2v) is 8.62. The molecule has 1 heterocycles. The number of nitrogens with one attached hydrogen (secondary N) is 1. The Bertz CT molecular complexity index is 855. The lowest BCUT2D eigenvalue weighted by Crippen LogP contribution is -2.34. The minimum Gasteiger partial charge on any atom is -0.462 e. The molecule has 144 valence electrons. The fraction of sp³-hybridized carbons (Fsp3) is 0.500. The summed E-state index contributed by atoms with van der Waals surface area (Å²) >= 11 is 0. The number of hydrogen-bond donors (Lipinski definition) is 1. The third kappa shape index (κ3) is 3.82. The van der Waals surface area contributed by atoms with Crippen molar-refractivity contribution in [2.75, 3.05) is 11.9 Å². The van der Waals surface area contributed by atoms with Gasteiger partial charge in [-0.05, 0) is 60.3 Å². The standard InChI is InChI=1S/C22H29N3O2/c1-7-27-19(26)15-12-23-20(24-13-15)25-18-11-17-16(10-14(18)2)21(3,4)8-9-22(17,5)6/h10-13H,7-9H2,1-6H3,(H,23,24,25). The Labute approximate surface area is 161 Å². The molecule has 1 aromatic heterocycles. The van der Waals surface area contributed by atoms with Crippen molar-refractivity contribution >= 4 is 17.6 Å². The van der Waals surface area contributed by atoms with E-state index in [2.05, 4.69) is 62.0 Å². The number of anilines is 2. The first-order valence-corrected chi connectivity index (χ1v) is 9.56. The lowest BCUT2D eigenvalue weighted by atomic mass is 9.63. The number of aryl methyl sites for hydroxylation is 1. The number of hydrogen-bond acceptors (Lipinski definition) is 5. The van der Waals surface area contributed by atoms with Gasteiger partial charge in [-0.2, -0.15) is 0 Å². The molecule has 1 aliphatic rings. The van der Waals surface area contributed by atoms with E-state index in [0.717, 1.165) is 11.3 Å². The Morgan fingerprint density at radius 1 is 1.07 bits per heavy atom. The lowest BCUT2D eigenvalue weighted by Gasteiger charge is -2.42. The lowest BCUT2D eigenvalue weighted by molar-refractivity contribution is 0.0525. The molecule has 0 aliphatic heterocycles. The summed E-state index contributed by atoms with van der Waals surface area (Å²) in [5.41, 5.74) is 5.67. The van der Waals surface area contributed by atoms with Crippen LogP contribution in [0, 0.1) is 6.92 Å². The highest BCUT2D eigenvalue weighted by Crippen LogP contribution is 2.47. The molecule has 3 rings (SSSR count). The average Bonchev–Trinajstić information content (AvgIpc) is 2.61. The molecule has 1 N–H and O–H groups in total. The highest BCUT2D eigenvalue weighted by atomic mass is 16.5. The number of fused-ring (bicyclic) bond motifs is 1. The summed E-state index contributed by atoms with van der Waals surface area (Å²) < 4.78 is 4.97. The number of nitrogens with zero attached hydrogens (tertiary/aromatic N) is 2. The monoisotopic (exact) mass is 367 g/mol. The Balaban J connectivity index is 1.91. The maximum atomic E-state index is 11.7. The molecule has 0 bridgehead atoms. The number of carbonyl (C=O) groups is 1. The van der Waals surface area contributed by atoms with Gasteiger partial charge < -0.3 is 10.1 Å². The van der Waals surface area contributed by atoms with Crippen LogP contribution in [-0.4, -0.2) is 22.5 Å². The summed E-state index contributed by atoms with van der Waals surface area (Å²) in [4.78, 5) is 20.3. The molecule has 5 nitrogen and oxygen atoms in total. The predicted molar refractivity (Wildman–Crippen MR) is 108 cm³/mol. The van der Waals surface area contributed by atoms with Crippen molar-refractivity contribution in [2.45, 2.75) is 65.2 Å². The van der Waals surface area contributed by atoms with Gasteiger partial charge in [0.05, 0.1) is 12.2 Å². The zero-order chi connectivity index (χ0) is 19.8. The van der Waals surface area contributed by atoms with Gasteiger partial charge in [0.2, 0.25) is 5.95 Å². The van der Waals surface area contributed by atoms with E-state index in [1.54, 1.807) is 6.92 Å². The first-order valence-electron chi connectivity index (χ1n) is 9.56. The second-order valence-electron chi connectivity index (χ2n) is 8.62. The SMILES string of the molecule is CCOC(=O)c1cnc(Nc2cc3c(cc2C)C(C)(C)CCC3(C)C)nc1. The molecule has 0 radical (unpaired) electrons. The molecule has 0 saturated carbocycles. The van der Waals surface area contributed by atoms with Crippen LogP contribution in [0.25, 0.3) is 0 Å². The maximum absolute atomic E-state index is 11.7. The highest BCUT2D eigenvalue weighted by molar-refractivity contribution is 5.88. The number of aromatic nitrogens is 2. The van der Waals surface area contributed by atoms with Crippen molar-refractivity contribution in [1.82, 2.24) is 9.97 Å². The van der Waals surface area contributed by atoms with Gasteiger partial charge in [0.25, 0.3) is 0 Å². The number of carbonyl (C=O) groups excluding carboxylic acids is 1. The molecule has 1 aliphatic carbocycles. The van der Waals surface area contributed by atoms with Gasteiger partial charge in [-0.15, -0.1) is 0 Å². The molecule has 0 fully saturated rings. The Morgan fingerprint density at radius 3 is 2.19 bits per heavy atom. The molecule has 0 amide bonds. The van der Waals surface area contributed by atoms with Crippen LogP contribution >= 0.6 is 0 Å². The van der Waals surface area contributed by atoms with Crippen molar-refractivity contribution < 1.29 is 9.53 Å². The van der Waals surface area contributed by atoms with E-state index in [1.807, 2.05) is 0 Å². The van der Waals surface area contributed by atoms with Gasteiger partial charge in [0.1, 0.15) is 0 Å². The van der Waals surface area contributed by atoms with Gasteiger partial charge >= 0.3 is 5.97 Å². The van der Waals surface area contributed by atoms with Crippen LogP contribution in [-0.2, 0) is 15.6 Å². The molecule has 0 unspecified atom stereocenters. The fourth-order valence-corrected chi connectivity index (χ4v) is 3.69. The van der Waals surface area contributed by atoms with Crippen LogP contribution in [0.1, 0.15) is 74.5 Å². The van der Waals surface area contributed by atoms with E-state index in [4.69, 9.17) is 4.74 Å². The first-order chi connectivity index (χ1) is 12.6. The largest absolute Gasteiger partial charge is 0.462 e. The molecule has 0 atom stereocenters. The van der Waals surface area contributed by atoms with Crippen molar-refractivity contribution in [3.63, 3.8) is 0 Å². The molecular weight excluding hydrogens is 338 g/mol. The Morgan fingerprint density at radius 2 is 1.63 bits per heavy atom. The van der Waals surface area contributed by atoms with Crippen LogP contribution in [0.15, 0.2) is 24.5 Å². The summed E-state index contributed by atoms with van der Waals surface area (Å²) in [6.45, 7) is 13.5. The van der Waals surface area contributed by atoms with Crippen molar-refractivity contribution in [2.24, 2.45) is 0 Å². The summed E-state index contributed by atoms with van der Waals surface area (Å²) in [7, 11) is 0. The minimum absolute atomic E-state index is 0.142. The van der Waals surface area contributed by atoms with Crippen LogP contribution in [0.3, 0.4) is 0 Å². The van der Waals surface area contributed by atoms with Gasteiger partial charge in [0.15, 0.2) is 0 Å². The first kappa shape index (κ1) is 19.3. The average molecular weight is 367 g/mol. The van der Waals surface area contributed by atoms with E-state index < -0.39 is 5.97 Å². The molecule has 0 spiro atoms. The molecular formula is C22H29N3O2. The van der Waals surface area contributed by atoms with Crippen molar-refractivity contribution in [1.29, 1.82) is 0 Å². The van der Waals surface area contributed by atoms with Gasteiger partial charge in [-0.3, -0.25) is 0 Å². The summed E-state index contributed by atoms with van der Waals surface area (Å²) in [6.07, 6.45) is 5.35. The maximum Gasteiger partial charge on any atom is 0.341 e. The topological polar surface area (TPSA) is 64.1 Å². The molecule has 1 aromatic carbocycles. The summed E-state index contributed by atoms with van der Waals surface area (Å²) in [6, 6.07) is 4.54. The Kier molecular flexibility index (Phi) is 4.98. The van der Waals surface area contributed by atoms with E-state index in [9.17, 15) is 4.79 Å². The van der Waals surface area contributed by atoms with Crippen LogP contribution < -0.4 is 5.32 Å². The second kappa shape index (κ2) is 6.95. The third-order valence-electron chi connectivity index (χ3n) is 5.61. The molecule has 5 heteroatoms. The van der Waals surface area contributed by atoms with Crippen molar-refractivity contribution in [3.05, 3.63) is 46.8 Å². The fourth-order valence-electron chi connectivity index (χ4n) is 3.69. The number of esters is 1. The zero-order valence-corrected chi connectivity index (χ0v) is 17.1. The Hall–Kier alpha value is -2.43. The van der Waals surface area contributed by atoms with Crippen LogP contribution in [0.4, 0.5) is 11.6 Å². The van der Waals surface area contributed by atoms with Crippen LogP contribution in [0.2, 0.25) is 0 Å². The van der Waals surface area contributed by atoms with E-state index in [1.165, 1.54) is 36.4 Å². The van der Waals surface area contributed by atoms with Crippen LogP contribution in [0.5, 0.6) is 0 Å². The van der Waals surface area contributed by atoms with Crippen molar-refractivity contribution in [3.8, 4) is 0 Å². The van der Waals surface area contributed by atoms with E-state index in [-0.39, 0.29) is 10.8 Å². The third-order valence-corrected chi connectivity index (χ3v) is 5.61. The molecule has 2 aromatic rings. The summed E-state index contributed by atoms with van der Waals surface area (Å²) in [5, 5.41) is 3.31. The quantitative estimate of drug-likeness (QED) is 0.766. The number of ether oxygens (including phenoxy) is 1. The summed E-state index contributed by atoms with van der Waals surface area (Å²) in [5.74, 6) is 0.0666. The number of rotatable bonds is 4. The minimum atomic E-state index is -0.405. The van der Waals surface area contributed by atoms with Gasteiger partial charge in [0, 0.05) is 18.1 Å². The zero-order valence-electron chi connectivity index (χ0n) is 17.1. The molecule has 27 heavy (non-hydrogen) atoms. The normalized spacial score (nSPS) is 17.1. The van der Waals surface area contributed by atoms with Gasteiger partial charge in [-0.25, -0.2) is 14.8 Å². The predicted octanol–water partition coefficient (Wildman–Crippen LogP) is 5.05. The van der Waals surface area contributed by atoms with Gasteiger partial charge in [-0.1, -0.05) is 33.8 Å². The van der Waals surface area contributed by atoms with E-state index in [0.29, 0.717) is 18.1 Å². The van der Waals surface area contributed by atoms with E-state index >= 15 is 0 Å². The smallest absolute Gasteiger partial charge is 0.341 e.